The van der Waals surface area contributed by atoms with Crippen LogP contribution < -0.4 is 4.90 Å². The van der Waals surface area contributed by atoms with E-state index >= 15 is 0 Å². The van der Waals surface area contributed by atoms with Crippen LogP contribution in [0, 0.1) is 12.8 Å². The molecule has 1 atom stereocenters. The number of anilines is 1. The Morgan fingerprint density at radius 1 is 0.938 bits per heavy atom. The Balaban J connectivity index is 1.38. The minimum absolute atomic E-state index is 0.0686. The van der Waals surface area contributed by atoms with Crippen LogP contribution in [0.1, 0.15) is 87.3 Å². The molecule has 1 saturated carbocycles. The predicted octanol–water partition coefficient (Wildman–Crippen LogP) is 3.40. The van der Waals surface area contributed by atoms with E-state index in [1.807, 2.05) is 9.80 Å². The highest BCUT2D eigenvalue weighted by Crippen LogP contribution is 2.36. The molecule has 0 N–H and O–H groups in total. The zero-order valence-electron chi connectivity index (χ0n) is 19.5. The van der Waals surface area contributed by atoms with Gasteiger partial charge in [-0.1, -0.05) is 19.3 Å². The lowest BCUT2D eigenvalue weighted by molar-refractivity contribution is -0.131. The summed E-state index contributed by atoms with van der Waals surface area (Å²) in [4.78, 5) is 41.9. The fourth-order valence-electron chi connectivity index (χ4n) is 6.12. The molecule has 1 aromatic rings. The van der Waals surface area contributed by atoms with Gasteiger partial charge in [-0.05, 0) is 64.3 Å². The third-order valence-corrected chi connectivity index (χ3v) is 7.98. The van der Waals surface area contributed by atoms with Crippen LogP contribution in [-0.4, -0.2) is 64.3 Å². The molecule has 4 aliphatic rings. The molecule has 0 bridgehead atoms. The Hall–Kier alpha value is -2.02. The Morgan fingerprint density at radius 3 is 2.50 bits per heavy atom. The molecule has 1 aromatic heterocycles. The largest absolute Gasteiger partial charge is 0.342 e. The van der Waals surface area contributed by atoms with Crippen LogP contribution >= 0.6 is 0 Å². The molecule has 0 radical (unpaired) electrons. The van der Waals surface area contributed by atoms with Gasteiger partial charge in [-0.2, -0.15) is 0 Å². The first-order valence-electron chi connectivity index (χ1n) is 12.8. The first-order chi connectivity index (χ1) is 15.6. The van der Waals surface area contributed by atoms with E-state index in [1.165, 1.54) is 32.1 Å². The van der Waals surface area contributed by atoms with Crippen molar-refractivity contribution in [2.75, 3.05) is 37.6 Å². The Labute approximate surface area is 191 Å². The maximum absolute atomic E-state index is 12.9. The lowest BCUT2D eigenvalue weighted by Gasteiger charge is -2.34. The standard InChI is InChI=1S/C25H37N5O2/c1-18-20-11-12-22(31)30(16-19-8-3-2-4-9-19)25(20)27-24(26-18)21-10-7-15-29(21)17-23(32)28-13-5-6-14-28/h19,21H,2-17H2,1H3. The average Bonchev–Trinajstić information content (AvgIpc) is 3.49. The molecule has 1 unspecified atom stereocenters. The number of aryl methyl sites for hydroxylation is 1. The van der Waals surface area contributed by atoms with Gasteiger partial charge in [0.1, 0.15) is 11.6 Å². The van der Waals surface area contributed by atoms with Gasteiger partial charge in [0.25, 0.3) is 0 Å². The second-order valence-corrected chi connectivity index (χ2v) is 10.2. The molecule has 1 aliphatic carbocycles. The van der Waals surface area contributed by atoms with Crippen LogP contribution in [0.2, 0.25) is 0 Å². The third kappa shape index (κ3) is 4.41. The van der Waals surface area contributed by atoms with Crippen LogP contribution in [0.5, 0.6) is 0 Å². The van der Waals surface area contributed by atoms with Crippen LogP contribution in [0.3, 0.4) is 0 Å². The van der Waals surface area contributed by atoms with Crippen LogP contribution in [-0.2, 0) is 16.0 Å². The summed E-state index contributed by atoms with van der Waals surface area (Å²) in [5, 5.41) is 0. The molecule has 2 amide bonds. The van der Waals surface area contributed by atoms with E-state index in [0.717, 1.165) is 81.2 Å². The predicted molar refractivity (Wildman–Crippen MR) is 123 cm³/mol. The third-order valence-electron chi connectivity index (χ3n) is 7.98. The van der Waals surface area contributed by atoms with Crippen LogP contribution in [0.15, 0.2) is 0 Å². The molecule has 4 heterocycles. The topological polar surface area (TPSA) is 69.6 Å². The molecule has 3 aliphatic heterocycles. The molecule has 0 spiro atoms. The smallest absolute Gasteiger partial charge is 0.236 e. The van der Waals surface area contributed by atoms with Crippen molar-refractivity contribution in [3.8, 4) is 0 Å². The van der Waals surface area contributed by atoms with Crippen molar-refractivity contribution in [2.24, 2.45) is 5.92 Å². The number of hydrogen-bond donors (Lipinski definition) is 0. The van der Waals surface area contributed by atoms with E-state index in [9.17, 15) is 9.59 Å². The lowest BCUT2D eigenvalue weighted by Crippen LogP contribution is -2.41. The Bertz CT molecular complexity index is 860. The van der Waals surface area contributed by atoms with E-state index in [4.69, 9.17) is 9.97 Å². The number of amides is 2. The van der Waals surface area contributed by atoms with Crippen LogP contribution in [0.4, 0.5) is 5.82 Å². The minimum atomic E-state index is 0.0686. The van der Waals surface area contributed by atoms with Gasteiger partial charge in [-0.3, -0.25) is 19.4 Å². The van der Waals surface area contributed by atoms with E-state index in [0.29, 0.717) is 18.9 Å². The van der Waals surface area contributed by atoms with Crippen molar-refractivity contribution in [3.05, 3.63) is 17.1 Å². The maximum Gasteiger partial charge on any atom is 0.236 e. The quantitative estimate of drug-likeness (QED) is 0.703. The molecule has 174 valence electrons. The molecule has 7 heteroatoms. The zero-order valence-corrected chi connectivity index (χ0v) is 19.5. The SMILES string of the molecule is Cc1nc(C2CCCN2CC(=O)N2CCCC2)nc2c1CCC(=O)N2CC1CCCCC1. The van der Waals surface area contributed by atoms with Crippen molar-refractivity contribution in [2.45, 2.75) is 83.6 Å². The summed E-state index contributed by atoms with van der Waals surface area (Å²) in [6.45, 7) is 6.01. The van der Waals surface area contributed by atoms with E-state index < -0.39 is 0 Å². The van der Waals surface area contributed by atoms with E-state index in [1.54, 1.807) is 0 Å². The fraction of sp³-hybridized carbons (Fsp3) is 0.760. The van der Waals surface area contributed by atoms with Crippen molar-refractivity contribution in [1.29, 1.82) is 0 Å². The van der Waals surface area contributed by atoms with Gasteiger partial charge >= 0.3 is 0 Å². The number of hydrogen-bond acceptors (Lipinski definition) is 5. The second kappa shape index (κ2) is 9.46. The summed E-state index contributed by atoms with van der Waals surface area (Å²) in [5.74, 6) is 2.68. The van der Waals surface area contributed by atoms with Crippen molar-refractivity contribution < 1.29 is 9.59 Å². The highest BCUT2D eigenvalue weighted by atomic mass is 16.2. The number of likely N-dealkylation sites (tertiary alicyclic amines) is 2. The fourth-order valence-corrected chi connectivity index (χ4v) is 6.12. The van der Waals surface area contributed by atoms with E-state index in [-0.39, 0.29) is 17.9 Å². The first kappa shape index (κ1) is 21.8. The van der Waals surface area contributed by atoms with Gasteiger partial charge in [-0.25, -0.2) is 9.97 Å². The number of nitrogens with zero attached hydrogens (tertiary/aromatic N) is 5. The lowest BCUT2D eigenvalue weighted by atomic mass is 9.88. The molecular formula is C25H37N5O2. The summed E-state index contributed by atoms with van der Waals surface area (Å²) in [5.41, 5.74) is 2.14. The second-order valence-electron chi connectivity index (χ2n) is 10.2. The van der Waals surface area contributed by atoms with Gasteiger partial charge in [0.2, 0.25) is 11.8 Å². The summed E-state index contributed by atoms with van der Waals surface area (Å²) in [6.07, 6.45) is 11.9. The summed E-state index contributed by atoms with van der Waals surface area (Å²) in [6, 6.07) is 0.0686. The van der Waals surface area contributed by atoms with Crippen molar-refractivity contribution in [3.63, 3.8) is 0 Å². The minimum Gasteiger partial charge on any atom is -0.342 e. The zero-order chi connectivity index (χ0) is 22.1. The highest BCUT2D eigenvalue weighted by Gasteiger charge is 2.35. The number of rotatable bonds is 5. The van der Waals surface area contributed by atoms with Gasteiger partial charge in [0.05, 0.1) is 12.6 Å². The maximum atomic E-state index is 12.9. The normalized spacial score (nSPS) is 24.9. The molecule has 2 saturated heterocycles. The van der Waals surface area contributed by atoms with Gasteiger partial charge in [-0.15, -0.1) is 0 Å². The number of fused-ring (bicyclic) bond motifs is 1. The molecule has 32 heavy (non-hydrogen) atoms. The summed E-state index contributed by atoms with van der Waals surface area (Å²) >= 11 is 0. The van der Waals surface area contributed by atoms with Crippen LogP contribution in [0.25, 0.3) is 0 Å². The highest BCUT2D eigenvalue weighted by molar-refractivity contribution is 5.95. The summed E-state index contributed by atoms with van der Waals surface area (Å²) in [7, 11) is 0. The Kier molecular flexibility index (Phi) is 6.44. The molecule has 3 fully saturated rings. The van der Waals surface area contributed by atoms with Crippen molar-refractivity contribution in [1.82, 2.24) is 19.8 Å². The Morgan fingerprint density at radius 2 is 1.72 bits per heavy atom. The van der Waals surface area contributed by atoms with Crippen molar-refractivity contribution >= 4 is 17.6 Å². The average molecular weight is 440 g/mol. The molecule has 5 rings (SSSR count). The van der Waals surface area contributed by atoms with Gasteiger partial charge in [0.15, 0.2) is 0 Å². The molecule has 0 aromatic carbocycles. The monoisotopic (exact) mass is 439 g/mol. The molecule has 7 nitrogen and oxygen atoms in total. The first-order valence-corrected chi connectivity index (χ1v) is 12.8. The number of aromatic nitrogens is 2. The molecular weight excluding hydrogens is 402 g/mol. The number of carbonyl (C=O) groups excluding carboxylic acids is 2. The van der Waals surface area contributed by atoms with E-state index in [2.05, 4.69) is 11.8 Å². The van der Waals surface area contributed by atoms with Gasteiger partial charge in [0, 0.05) is 37.3 Å². The summed E-state index contributed by atoms with van der Waals surface area (Å²) < 4.78 is 0. The number of carbonyl (C=O) groups is 2. The van der Waals surface area contributed by atoms with Gasteiger partial charge < -0.3 is 4.90 Å².